The Bertz CT molecular complexity index is 854. The Labute approximate surface area is 151 Å². The third kappa shape index (κ3) is 4.43. The van der Waals surface area contributed by atoms with Crippen LogP contribution >= 0.6 is 0 Å². The molecule has 2 aromatic rings. The van der Waals surface area contributed by atoms with Gasteiger partial charge in [0, 0.05) is 30.6 Å². The molecule has 0 saturated carbocycles. The van der Waals surface area contributed by atoms with E-state index in [1.807, 2.05) is 6.07 Å². The van der Waals surface area contributed by atoms with Crippen molar-refractivity contribution in [1.82, 2.24) is 10.3 Å². The quantitative estimate of drug-likeness (QED) is 0.859. The molecular weight excluding hydrogens is 332 g/mol. The first-order chi connectivity index (χ1) is 12.7. The first-order valence-corrected chi connectivity index (χ1v) is 8.33. The van der Waals surface area contributed by atoms with Crippen molar-refractivity contribution in [2.75, 3.05) is 18.5 Å². The zero-order valence-electron chi connectivity index (χ0n) is 14.1. The number of ether oxygens (including phenoxy) is 1. The topological polar surface area (TPSA) is 104 Å². The molecular formula is C19H18N4O3. The van der Waals surface area contributed by atoms with E-state index in [1.54, 1.807) is 24.3 Å². The lowest BCUT2D eigenvalue weighted by molar-refractivity contribution is 0.0853. The number of hydrogen-bond acceptors (Lipinski definition) is 5. The Morgan fingerprint density at radius 2 is 2.15 bits per heavy atom. The van der Waals surface area contributed by atoms with E-state index in [9.17, 15) is 9.59 Å². The Balaban J connectivity index is 1.64. The van der Waals surface area contributed by atoms with Gasteiger partial charge < -0.3 is 15.4 Å². The Morgan fingerprint density at radius 1 is 1.27 bits per heavy atom. The summed E-state index contributed by atoms with van der Waals surface area (Å²) in [5.74, 6) is -0.725. The average molecular weight is 350 g/mol. The van der Waals surface area contributed by atoms with Gasteiger partial charge in [-0.2, -0.15) is 5.26 Å². The Kier molecular flexibility index (Phi) is 5.56. The number of nitrogens with zero attached hydrogens (tertiary/aromatic N) is 2. The summed E-state index contributed by atoms with van der Waals surface area (Å²) in [6.07, 6.45) is 3.39. The van der Waals surface area contributed by atoms with Gasteiger partial charge in [-0.1, -0.05) is 6.07 Å². The van der Waals surface area contributed by atoms with Crippen LogP contribution in [0, 0.1) is 11.3 Å². The van der Waals surface area contributed by atoms with Crippen molar-refractivity contribution in [2.45, 2.75) is 18.9 Å². The molecule has 0 aliphatic carbocycles. The van der Waals surface area contributed by atoms with Gasteiger partial charge in [0.15, 0.2) is 0 Å². The van der Waals surface area contributed by atoms with Gasteiger partial charge in [0.05, 0.1) is 17.7 Å². The first kappa shape index (κ1) is 17.6. The number of carbonyl (C=O) groups excluding carboxylic acids is 2. The van der Waals surface area contributed by atoms with E-state index in [1.165, 1.54) is 18.3 Å². The van der Waals surface area contributed by atoms with Crippen molar-refractivity contribution in [3.8, 4) is 6.07 Å². The highest BCUT2D eigenvalue weighted by molar-refractivity contribution is 6.05. The summed E-state index contributed by atoms with van der Waals surface area (Å²) < 4.78 is 5.46. The van der Waals surface area contributed by atoms with Crippen molar-refractivity contribution < 1.29 is 14.3 Å². The molecule has 0 bridgehead atoms. The van der Waals surface area contributed by atoms with E-state index >= 15 is 0 Å². The van der Waals surface area contributed by atoms with Gasteiger partial charge in [-0.3, -0.25) is 14.6 Å². The molecule has 26 heavy (non-hydrogen) atoms. The number of anilines is 1. The zero-order chi connectivity index (χ0) is 18.4. The Morgan fingerprint density at radius 3 is 2.92 bits per heavy atom. The summed E-state index contributed by atoms with van der Waals surface area (Å²) >= 11 is 0. The molecule has 3 rings (SSSR count). The van der Waals surface area contributed by atoms with Gasteiger partial charge in [0.2, 0.25) is 0 Å². The number of nitriles is 1. The first-order valence-electron chi connectivity index (χ1n) is 8.33. The van der Waals surface area contributed by atoms with Crippen molar-refractivity contribution in [3.63, 3.8) is 0 Å². The van der Waals surface area contributed by atoms with Crippen LogP contribution in [0.15, 0.2) is 42.6 Å². The maximum absolute atomic E-state index is 12.4. The molecule has 7 heteroatoms. The fraction of sp³-hybridized carbons (Fsp3) is 0.263. The van der Waals surface area contributed by atoms with Crippen LogP contribution in [0.1, 0.15) is 39.3 Å². The number of nitrogens with one attached hydrogen (secondary N) is 2. The second-order valence-corrected chi connectivity index (χ2v) is 5.92. The molecule has 1 aliphatic heterocycles. The van der Waals surface area contributed by atoms with E-state index in [4.69, 9.17) is 10.00 Å². The van der Waals surface area contributed by atoms with Crippen molar-refractivity contribution in [1.29, 1.82) is 5.26 Å². The highest BCUT2D eigenvalue weighted by atomic mass is 16.5. The molecule has 1 saturated heterocycles. The predicted octanol–water partition coefficient (Wildman–Crippen LogP) is 2.11. The van der Waals surface area contributed by atoms with Crippen molar-refractivity contribution in [3.05, 3.63) is 59.4 Å². The summed E-state index contributed by atoms with van der Waals surface area (Å²) in [6.45, 7) is 1.15. The third-order valence-electron chi connectivity index (χ3n) is 4.02. The second-order valence-electron chi connectivity index (χ2n) is 5.92. The summed E-state index contributed by atoms with van der Waals surface area (Å²) in [6, 6.07) is 11.6. The average Bonchev–Trinajstić information content (AvgIpc) is 3.20. The molecule has 132 valence electrons. The summed E-state index contributed by atoms with van der Waals surface area (Å²) in [5.41, 5.74) is 1.44. The lowest BCUT2D eigenvalue weighted by Gasteiger charge is -2.11. The van der Waals surface area contributed by atoms with E-state index in [0.717, 1.165) is 19.4 Å². The number of rotatable bonds is 5. The second kappa shape index (κ2) is 8.23. The van der Waals surface area contributed by atoms with Gasteiger partial charge in [-0.25, -0.2) is 0 Å². The van der Waals surface area contributed by atoms with Crippen LogP contribution in [-0.4, -0.2) is 36.1 Å². The molecule has 0 radical (unpaired) electrons. The third-order valence-corrected chi connectivity index (χ3v) is 4.02. The zero-order valence-corrected chi connectivity index (χ0v) is 14.1. The van der Waals surface area contributed by atoms with Gasteiger partial charge >= 0.3 is 0 Å². The van der Waals surface area contributed by atoms with Gasteiger partial charge in [-0.15, -0.1) is 0 Å². The number of amides is 2. The van der Waals surface area contributed by atoms with E-state index in [-0.39, 0.29) is 23.6 Å². The van der Waals surface area contributed by atoms with Crippen molar-refractivity contribution in [2.24, 2.45) is 0 Å². The SMILES string of the molecule is N#Cc1cccc(NC(=O)c2ccnc(C(=O)NCC3CCCO3)c2)c1. The predicted molar refractivity (Wildman–Crippen MR) is 94.7 cm³/mol. The fourth-order valence-electron chi connectivity index (χ4n) is 2.67. The van der Waals surface area contributed by atoms with Crippen LogP contribution in [0.3, 0.4) is 0 Å². The molecule has 1 fully saturated rings. The number of carbonyl (C=O) groups is 2. The maximum atomic E-state index is 12.4. The summed E-state index contributed by atoms with van der Waals surface area (Å²) in [7, 11) is 0. The maximum Gasteiger partial charge on any atom is 0.269 e. The van der Waals surface area contributed by atoms with E-state index in [2.05, 4.69) is 15.6 Å². The lowest BCUT2D eigenvalue weighted by atomic mass is 10.1. The van der Waals surface area contributed by atoms with Crippen LogP contribution in [0.5, 0.6) is 0 Å². The molecule has 2 N–H and O–H groups in total. The number of aromatic nitrogens is 1. The largest absolute Gasteiger partial charge is 0.376 e. The normalized spacial score (nSPS) is 15.9. The van der Waals surface area contributed by atoms with E-state index in [0.29, 0.717) is 23.4 Å². The van der Waals surface area contributed by atoms with Crippen LogP contribution in [0.25, 0.3) is 0 Å². The highest BCUT2D eigenvalue weighted by Gasteiger charge is 2.18. The molecule has 1 aromatic heterocycles. The standard InChI is InChI=1S/C19H18N4O3/c20-11-13-3-1-4-15(9-13)23-18(24)14-6-7-21-17(10-14)19(25)22-12-16-5-2-8-26-16/h1,3-4,6-7,9-10,16H,2,5,8,12H2,(H,22,25)(H,23,24). The molecule has 2 heterocycles. The van der Waals surface area contributed by atoms with Gasteiger partial charge in [-0.05, 0) is 43.2 Å². The molecule has 1 aliphatic rings. The monoisotopic (exact) mass is 350 g/mol. The van der Waals surface area contributed by atoms with Gasteiger partial charge in [0.25, 0.3) is 11.8 Å². The number of pyridine rings is 1. The van der Waals surface area contributed by atoms with Crippen LogP contribution in [0.2, 0.25) is 0 Å². The minimum absolute atomic E-state index is 0.0397. The van der Waals surface area contributed by atoms with Gasteiger partial charge in [0.1, 0.15) is 5.69 Å². The van der Waals surface area contributed by atoms with Crippen molar-refractivity contribution >= 4 is 17.5 Å². The highest BCUT2D eigenvalue weighted by Crippen LogP contribution is 2.13. The molecule has 1 unspecified atom stereocenters. The lowest BCUT2D eigenvalue weighted by Crippen LogP contribution is -2.32. The summed E-state index contributed by atoms with van der Waals surface area (Å²) in [4.78, 5) is 28.6. The molecule has 0 spiro atoms. The van der Waals surface area contributed by atoms with Crippen LogP contribution < -0.4 is 10.6 Å². The molecule has 7 nitrogen and oxygen atoms in total. The minimum atomic E-state index is -0.379. The fourth-order valence-corrected chi connectivity index (χ4v) is 2.67. The van der Waals surface area contributed by atoms with Crippen LogP contribution in [0.4, 0.5) is 5.69 Å². The molecule has 1 atom stereocenters. The smallest absolute Gasteiger partial charge is 0.269 e. The van der Waals surface area contributed by atoms with Crippen LogP contribution in [-0.2, 0) is 4.74 Å². The molecule has 1 aromatic carbocycles. The number of benzene rings is 1. The summed E-state index contributed by atoms with van der Waals surface area (Å²) in [5, 5.41) is 14.4. The molecule has 2 amide bonds. The Hall–Kier alpha value is -3.24. The number of hydrogen-bond donors (Lipinski definition) is 2. The van der Waals surface area contributed by atoms with E-state index < -0.39 is 0 Å². The minimum Gasteiger partial charge on any atom is -0.376 e.